The summed E-state index contributed by atoms with van der Waals surface area (Å²) < 4.78 is 20.8. The molecule has 3 aliphatic rings. The van der Waals surface area contributed by atoms with Gasteiger partial charge < -0.3 is 14.2 Å². The number of cyclic esters (lactones) is 1. The van der Waals surface area contributed by atoms with E-state index in [2.05, 4.69) is 9.71 Å². The van der Waals surface area contributed by atoms with Crippen LogP contribution < -0.4 is 9.46 Å². The number of benzene rings is 1. The van der Waals surface area contributed by atoms with E-state index in [4.69, 9.17) is 14.2 Å². The van der Waals surface area contributed by atoms with Crippen LogP contribution in [0.1, 0.15) is 74.5 Å². The molecule has 0 bridgehead atoms. The second-order valence-corrected chi connectivity index (χ2v) is 12.5. The highest BCUT2D eigenvalue weighted by molar-refractivity contribution is 7.97. The Morgan fingerprint density at radius 3 is 2.48 bits per heavy atom. The Kier molecular flexibility index (Phi) is 7.06. The van der Waals surface area contributed by atoms with Crippen LogP contribution in [0.3, 0.4) is 0 Å². The SMILES string of the molecule is COc1ccc(-c2cccc(C(=O)NSC)n2)c(C)c1C1C2=C(CC(C)(C)CC2=O)OC2=C1C(=O)OC(C)(C)C2. The lowest BCUT2D eigenvalue weighted by atomic mass is 9.68. The molecule has 0 saturated heterocycles. The molecule has 1 atom stereocenters. The van der Waals surface area contributed by atoms with Gasteiger partial charge in [0.2, 0.25) is 0 Å². The van der Waals surface area contributed by atoms with Crippen LogP contribution in [0.15, 0.2) is 53.0 Å². The Hall–Kier alpha value is -3.59. The quantitative estimate of drug-likeness (QED) is 0.360. The first-order valence-electron chi connectivity index (χ1n) is 13.2. The normalized spacial score (nSPS) is 21.2. The Morgan fingerprint density at radius 1 is 1.05 bits per heavy atom. The third-order valence-corrected chi connectivity index (χ3v) is 8.00. The number of allylic oxidation sites excluding steroid dienone is 2. The van der Waals surface area contributed by atoms with Crippen LogP contribution in [0, 0.1) is 12.3 Å². The van der Waals surface area contributed by atoms with Crippen LogP contribution in [-0.4, -0.2) is 41.6 Å². The zero-order valence-corrected chi connectivity index (χ0v) is 24.7. The largest absolute Gasteiger partial charge is 0.496 e. The highest BCUT2D eigenvalue weighted by atomic mass is 32.2. The van der Waals surface area contributed by atoms with Gasteiger partial charge in [-0.25, -0.2) is 9.78 Å². The number of carbonyl (C=O) groups excluding carboxylic acids is 3. The van der Waals surface area contributed by atoms with Crippen molar-refractivity contribution in [1.82, 2.24) is 9.71 Å². The molecule has 1 unspecified atom stereocenters. The maximum atomic E-state index is 13.8. The summed E-state index contributed by atoms with van der Waals surface area (Å²) in [5, 5.41) is 0. The Balaban J connectivity index is 1.75. The molecule has 8 nitrogen and oxygen atoms in total. The van der Waals surface area contributed by atoms with Crippen molar-refractivity contribution in [2.24, 2.45) is 5.41 Å². The van der Waals surface area contributed by atoms with E-state index in [0.717, 1.165) is 11.1 Å². The molecular weight excluding hydrogens is 528 g/mol. The summed E-state index contributed by atoms with van der Waals surface area (Å²) in [6.07, 6.45) is 3.08. The van der Waals surface area contributed by atoms with E-state index in [0.29, 0.717) is 58.9 Å². The molecule has 1 aromatic heterocycles. The van der Waals surface area contributed by atoms with Gasteiger partial charge in [-0.1, -0.05) is 31.9 Å². The molecule has 1 aromatic carbocycles. The van der Waals surface area contributed by atoms with Crippen LogP contribution in [0.2, 0.25) is 0 Å². The molecule has 0 spiro atoms. The molecule has 3 heterocycles. The third-order valence-electron chi connectivity index (χ3n) is 7.61. The number of Topliss-reactive ketones (excluding diaryl/α,β-unsaturated/α-hetero) is 1. The average molecular weight is 563 g/mol. The van der Waals surface area contributed by atoms with Crippen LogP contribution in [0.25, 0.3) is 11.3 Å². The molecule has 1 N–H and O–H groups in total. The lowest BCUT2D eigenvalue weighted by molar-refractivity contribution is -0.155. The molecule has 0 radical (unpaired) electrons. The minimum atomic E-state index is -0.741. The number of hydrogen-bond acceptors (Lipinski definition) is 8. The maximum absolute atomic E-state index is 13.8. The summed E-state index contributed by atoms with van der Waals surface area (Å²) in [5.74, 6) is 0.120. The fourth-order valence-corrected chi connectivity index (χ4v) is 6.24. The number of amides is 1. The van der Waals surface area contributed by atoms with E-state index in [1.807, 2.05) is 52.8 Å². The standard InChI is InChI=1S/C31H34N2O6S/c1-16-17(18-9-8-10-19(32-18)28(35)33-40-7)11-12-21(37-6)24(16)27-25-20(34)13-30(2,3)14-22(25)38-23-15-31(4,5)39-29(36)26(23)27/h8-12,27H,13-15H2,1-7H3,(H,33,35). The highest BCUT2D eigenvalue weighted by Crippen LogP contribution is 2.54. The van der Waals surface area contributed by atoms with Crippen LogP contribution >= 0.6 is 11.9 Å². The van der Waals surface area contributed by atoms with Crippen molar-refractivity contribution in [2.75, 3.05) is 13.4 Å². The summed E-state index contributed by atoms with van der Waals surface area (Å²) in [7, 11) is 1.57. The molecule has 2 aromatic rings. The van der Waals surface area contributed by atoms with Crippen LogP contribution in [0.4, 0.5) is 0 Å². The van der Waals surface area contributed by atoms with Crippen LogP contribution in [-0.2, 0) is 19.1 Å². The van der Waals surface area contributed by atoms with Gasteiger partial charge >= 0.3 is 5.97 Å². The van der Waals surface area contributed by atoms with Crippen molar-refractivity contribution < 1.29 is 28.6 Å². The molecule has 1 amide bonds. The summed E-state index contributed by atoms with van der Waals surface area (Å²) in [6.45, 7) is 9.73. The predicted octanol–water partition coefficient (Wildman–Crippen LogP) is 5.81. The lowest BCUT2D eigenvalue weighted by Crippen LogP contribution is -2.41. The van der Waals surface area contributed by atoms with E-state index in [1.165, 1.54) is 11.9 Å². The van der Waals surface area contributed by atoms with Gasteiger partial charge in [-0.15, -0.1) is 0 Å². The molecular formula is C31H34N2O6S. The number of ether oxygens (including phenoxy) is 3. The number of nitrogens with zero attached hydrogens (tertiary/aromatic N) is 1. The van der Waals surface area contributed by atoms with Gasteiger partial charge in [-0.2, -0.15) is 0 Å². The van der Waals surface area contributed by atoms with Gasteiger partial charge in [0.05, 0.1) is 24.3 Å². The number of ketones is 1. The fraction of sp³-hybridized carbons (Fsp3) is 0.419. The summed E-state index contributed by atoms with van der Waals surface area (Å²) >= 11 is 1.20. The van der Waals surface area contributed by atoms with E-state index in [9.17, 15) is 14.4 Å². The molecule has 0 saturated carbocycles. The van der Waals surface area contributed by atoms with Crippen molar-refractivity contribution in [3.05, 3.63) is 69.8 Å². The summed E-state index contributed by atoms with van der Waals surface area (Å²) in [6, 6.07) is 8.97. The molecule has 5 rings (SSSR count). The first-order valence-corrected chi connectivity index (χ1v) is 14.5. The Bertz CT molecular complexity index is 1450. The monoisotopic (exact) mass is 562 g/mol. The maximum Gasteiger partial charge on any atom is 0.338 e. The minimum Gasteiger partial charge on any atom is -0.496 e. The zero-order valence-electron chi connectivity index (χ0n) is 23.9. The number of hydrogen-bond donors (Lipinski definition) is 1. The minimum absolute atomic E-state index is 0.0545. The predicted molar refractivity (Wildman–Crippen MR) is 153 cm³/mol. The van der Waals surface area contributed by atoms with Gasteiger partial charge in [0.1, 0.15) is 28.6 Å². The number of esters is 1. The molecule has 2 aliphatic heterocycles. The molecule has 210 valence electrons. The first-order chi connectivity index (χ1) is 18.9. The van der Waals surface area contributed by atoms with Crippen molar-refractivity contribution in [3.63, 3.8) is 0 Å². The van der Waals surface area contributed by atoms with E-state index in [1.54, 1.807) is 25.5 Å². The Morgan fingerprint density at radius 2 is 1.77 bits per heavy atom. The lowest BCUT2D eigenvalue weighted by Gasteiger charge is -2.43. The number of pyridine rings is 1. The van der Waals surface area contributed by atoms with Crippen molar-refractivity contribution in [2.45, 2.75) is 65.4 Å². The summed E-state index contributed by atoms with van der Waals surface area (Å²) in [4.78, 5) is 44.5. The summed E-state index contributed by atoms with van der Waals surface area (Å²) in [5.41, 5.74) is 2.92. The number of nitrogens with one attached hydrogen (secondary N) is 1. The van der Waals surface area contributed by atoms with Gasteiger partial charge in [-0.05, 0) is 56.0 Å². The highest BCUT2D eigenvalue weighted by Gasteiger charge is 2.50. The molecule has 9 heteroatoms. The number of methoxy groups -OCH3 is 1. The smallest absolute Gasteiger partial charge is 0.338 e. The molecule has 0 fully saturated rings. The number of carbonyl (C=O) groups is 3. The Labute approximate surface area is 238 Å². The topological polar surface area (TPSA) is 104 Å². The fourth-order valence-electron chi connectivity index (χ4n) is 5.95. The van der Waals surface area contributed by atoms with Gasteiger partial charge in [0, 0.05) is 42.2 Å². The van der Waals surface area contributed by atoms with E-state index in [-0.39, 0.29) is 22.8 Å². The molecule has 40 heavy (non-hydrogen) atoms. The third kappa shape index (κ3) is 4.91. The molecule has 1 aliphatic carbocycles. The van der Waals surface area contributed by atoms with E-state index < -0.39 is 17.5 Å². The number of rotatable bonds is 5. The second-order valence-electron chi connectivity index (χ2n) is 11.9. The second kappa shape index (κ2) is 10.1. The van der Waals surface area contributed by atoms with E-state index >= 15 is 0 Å². The average Bonchev–Trinajstić information content (AvgIpc) is 2.86. The van der Waals surface area contributed by atoms with Crippen LogP contribution in [0.5, 0.6) is 5.75 Å². The van der Waals surface area contributed by atoms with Gasteiger partial charge in [0.15, 0.2) is 5.78 Å². The van der Waals surface area contributed by atoms with Crippen molar-refractivity contribution >= 4 is 29.6 Å². The first kappa shape index (κ1) is 28.0. The van der Waals surface area contributed by atoms with Crippen molar-refractivity contribution in [1.29, 1.82) is 0 Å². The van der Waals surface area contributed by atoms with Gasteiger partial charge in [0.25, 0.3) is 5.91 Å². The van der Waals surface area contributed by atoms with Crippen molar-refractivity contribution in [3.8, 4) is 17.0 Å². The number of aromatic nitrogens is 1. The van der Waals surface area contributed by atoms with Gasteiger partial charge in [-0.3, -0.25) is 14.3 Å². The zero-order chi connectivity index (χ0) is 29.0.